The highest BCUT2D eigenvalue weighted by Gasteiger charge is 2.11. The third-order valence-corrected chi connectivity index (χ3v) is 3.28. The van der Waals surface area contributed by atoms with Crippen molar-refractivity contribution in [2.24, 2.45) is 0 Å². The van der Waals surface area contributed by atoms with Gasteiger partial charge in [0.2, 0.25) is 0 Å². The zero-order valence-corrected chi connectivity index (χ0v) is 13.4. The molecule has 0 heterocycles. The molecule has 2 aromatic rings. The van der Waals surface area contributed by atoms with Crippen LogP contribution in [0.2, 0.25) is 0 Å². The van der Waals surface area contributed by atoms with Gasteiger partial charge in [0.05, 0.1) is 22.3 Å². The van der Waals surface area contributed by atoms with Gasteiger partial charge in [0, 0.05) is 0 Å². The van der Waals surface area contributed by atoms with Crippen LogP contribution in [0.1, 0.15) is 41.4 Å². The van der Waals surface area contributed by atoms with E-state index in [4.69, 9.17) is 19.7 Å². The van der Waals surface area contributed by atoms with Crippen molar-refractivity contribution in [3.63, 3.8) is 0 Å². The van der Waals surface area contributed by atoms with Gasteiger partial charge in [-0.3, -0.25) is 0 Å². The number of esters is 2. The summed E-state index contributed by atoms with van der Waals surface area (Å²) >= 11 is 0. The molecule has 0 aliphatic heterocycles. The lowest BCUT2D eigenvalue weighted by Crippen LogP contribution is -2.14. The number of carbonyl (C=O) groups excluding carboxylic acids is 2. The van der Waals surface area contributed by atoms with Crippen molar-refractivity contribution in [3.05, 3.63) is 70.8 Å². The van der Waals surface area contributed by atoms with Crippen molar-refractivity contribution >= 4 is 23.9 Å². The molecule has 0 bridgehead atoms. The number of ether oxygens (including phenoxy) is 2. The van der Waals surface area contributed by atoms with Crippen LogP contribution in [0.25, 0.3) is 0 Å². The lowest BCUT2D eigenvalue weighted by molar-refractivity contribution is 0.0265. The molecule has 0 saturated carbocycles. The highest BCUT2D eigenvalue weighted by atomic mass is 16.6. The van der Waals surface area contributed by atoms with Crippen LogP contribution in [-0.2, 0) is 9.47 Å². The normalized spacial score (nSPS) is 10.0. The maximum atomic E-state index is 11.8. The summed E-state index contributed by atoms with van der Waals surface area (Å²) in [5.74, 6) is -3.56. The van der Waals surface area contributed by atoms with Crippen LogP contribution in [0.4, 0.5) is 0 Å². The first-order chi connectivity index (χ1) is 12.4. The Morgan fingerprint density at radius 2 is 0.846 bits per heavy atom. The summed E-state index contributed by atoms with van der Waals surface area (Å²) in [5.41, 5.74) is 0.435. The van der Waals surface area contributed by atoms with Crippen molar-refractivity contribution < 1.29 is 38.9 Å². The second-order valence-corrected chi connectivity index (χ2v) is 5.04. The molecule has 0 amide bonds. The lowest BCUT2D eigenvalue weighted by atomic mass is 10.1. The number of benzene rings is 2. The number of carboxylic acid groups (broad SMARTS) is 2. The van der Waals surface area contributed by atoms with Crippen LogP contribution in [0.15, 0.2) is 48.5 Å². The van der Waals surface area contributed by atoms with E-state index in [1.807, 2.05) is 0 Å². The van der Waals surface area contributed by atoms with Gasteiger partial charge >= 0.3 is 23.9 Å². The number of carboxylic acids is 2. The minimum Gasteiger partial charge on any atom is -0.478 e. The third-order valence-electron chi connectivity index (χ3n) is 3.28. The zero-order chi connectivity index (χ0) is 19.1. The first-order valence-electron chi connectivity index (χ1n) is 7.39. The Hall–Kier alpha value is -3.68. The summed E-state index contributed by atoms with van der Waals surface area (Å²) in [6, 6.07) is 10.4. The van der Waals surface area contributed by atoms with Crippen molar-refractivity contribution in [3.8, 4) is 0 Å². The molecule has 134 valence electrons. The molecule has 8 nitrogen and oxygen atoms in total. The number of carbonyl (C=O) groups is 4. The largest absolute Gasteiger partial charge is 0.478 e. The predicted octanol–water partition coefficient (Wildman–Crippen LogP) is 2.10. The Labute approximate surface area is 147 Å². The van der Waals surface area contributed by atoms with Gasteiger partial charge in [-0.1, -0.05) is 0 Å². The fourth-order valence-corrected chi connectivity index (χ4v) is 1.93. The number of rotatable bonds is 7. The van der Waals surface area contributed by atoms with Crippen LogP contribution in [-0.4, -0.2) is 47.3 Å². The molecule has 0 aromatic heterocycles. The molecule has 0 saturated heterocycles. The second kappa shape index (κ2) is 8.43. The van der Waals surface area contributed by atoms with E-state index in [-0.39, 0.29) is 35.5 Å². The van der Waals surface area contributed by atoms with E-state index in [1.165, 1.54) is 48.5 Å². The maximum Gasteiger partial charge on any atom is 0.338 e. The molecule has 0 unspecified atom stereocenters. The highest BCUT2D eigenvalue weighted by molar-refractivity contribution is 5.93. The highest BCUT2D eigenvalue weighted by Crippen LogP contribution is 2.08. The smallest absolute Gasteiger partial charge is 0.338 e. The molecule has 2 aromatic carbocycles. The Balaban J connectivity index is 1.78. The Bertz CT molecular complexity index is 750. The van der Waals surface area contributed by atoms with E-state index in [9.17, 15) is 19.2 Å². The van der Waals surface area contributed by atoms with Gasteiger partial charge in [-0.05, 0) is 48.5 Å². The summed E-state index contributed by atoms with van der Waals surface area (Å²) in [6.07, 6.45) is 0. The van der Waals surface area contributed by atoms with Crippen molar-refractivity contribution in [1.82, 2.24) is 0 Å². The second-order valence-electron chi connectivity index (χ2n) is 5.04. The summed E-state index contributed by atoms with van der Waals surface area (Å²) in [6.45, 7) is -0.364. The Morgan fingerprint density at radius 3 is 1.12 bits per heavy atom. The van der Waals surface area contributed by atoms with Gasteiger partial charge in [0.25, 0.3) is 0 Å². The maximum absolute atomic E-state index is 11.8. The molecule has 2 rings (SSSR count). The van der Waals surface area contributed by atoms with E-state index in [1.54, 1.807) is 0 Å². The molecule has 0 aliphatic rings. The van der Waals surface area contributed by atoms with Gasteiger partial charge in [-0.25, -0.2) is 19.2 Å². The first-order valence-corrected chi connectivity index (χ1v) is 7.39. The van der Waals surface area contributed by atoms with Gasteiger partial charge in [0.1, 0.15) is 13.2 Å². The van der Waals surface area contributed by atoms with Gasteiger partial charge < -0.3 is 19.7 Å². The van der Waals surface area contributed by atoms with E-state index in [0.717, 1.165) is 0 Å². The third kappa shape index (κ3) is 4.91. The standard InChI is InChI=1S/C18H14O8/c19-15(20)11-1-5-13(6-2-11)17(23)25-9-10-26-18(24)14-7-3-12(4-8-14)16(21)22/h1-8H,9-10H2,(H,19,20)(H,21,22). The van der Waals surface area contributed by atoms with Crippen molar-refractivity contribution in [2.75, 3.05) is 13.2 Å². The van der Waals surface area contributed by atoms with E-state index in [2.05, 4.69) is 0 Å². The van der Waals surface area contributed by atoms with Gasteiger partial charge in [-0.15, -0.1) is 0 Å². The molecule has 0 fully saturated rings. The molecule has 26 heavy (non-hydrogen) atoms. The van der Waals surface area contributed by atoms with Crippen molar-refractivity contribution in [1.29, 1.82) is 0 Å². The molecule has 2 N–H and O–H groups in total. The number of aromatic carboxylic acids is 2. The topological polar surface area (TPSA) is 127 Å². The van der Waals surface area contributed by atoms with Crippen LogP contribution < -0.4 is 0 Å². The molecule has 0 atom stereocenters. The average Bonchev–Trinajstić information content (AvgIpc) is 2.65. The SMILES string of the molecule is O=C(O)c1ccc(C(=O)OCCOC(=O)c2ccc(C(=O)O)cc2)cc1. The first kappa shape index (κ1) is 18.7. The van der Waals surface area contributed by atoms with Crippen LogP contribution >= 0.6 is 0 Å². The van der Waals surface area contributed by atoms with Gasteiger partial charge in [0.15, 0.2) is 0 Å². The Kier molecular flexibility index (Phi) is 6.05. The fraction of sp³-hybridized carbons (Fsp3) is 0.111. The minimum absolute atomic E-state index is 0.0457. The summed E-state index contributed by atoms with van der Waals surface area (Å²) in [7, 11) is 0. The van der Waals surface area contributed by atoms with Gasteiger partial charge in [-0.2, -0.15) is 0 Å². The minimum atomic E-state index is -1.10. The van der Waals surface area contributed by atoms with Crippen LogP contribution in [0.3, 0.4) is 0 Å². The quantitative estimate of drug-likeness (QED) is 0.569. The van der Waals surface area contributed by atoms with Crippen LogP contribution in [0.5, 0.6) is 0 Å². The summed E-state index contributed by atoms with van der Waals surface area (Å²) in [4.78, 5) is 45.0. The monoisotopic (exact) mass is 358 g/mol. The van der Waals surface area contributed by atoms with Crippen LogP contribution in [0, 0.1) is 0 Å². The molecule has 8 heteroatoms. The molecule has 0 aliphatic carbocycles. The molecular formula is C18H14O8. The van der Waals surface area contributed by atoms with Crippen molar-refractivity contribution in [2.45, 2.75) is 0 Å². The van der Waals surface area contributed by atoms with E-state index in [0.29, 0.717) is 0 Å². The Morgan fingerprint density at radius 1 is 0.577 bits per heavy atom. The number of hydrogen-bond donors (Lipinski definition) is 2. The predicted molar refractivity (Wildman–Crippen MR) is 87.4 cm³/mol. The number of hydrogen-bond acceptors (Lipinski definition) is 6. The summed E-state index contributed by atoms with van der Waals surface area (Å²) in [5, 5.41) is 17.6. The molecule has 0 spiro atoms. The summed E-state index contributed by atoms with van der Waals surface area (Å²) < 4.78 is 9.85. The average molecular weight is 358 g/mol. The molecule has 0 radical (unpaired) electrons. The van der Waals surface area contributed by atoms with E-state index >= 15 is 0 Å². The fourth-order valence-electron chi connectivity index (χ4n) is 1.93. The lowest BCUT2D eigenvalue weighted by Gasteiger charge is -2.07. The zero-order valence-electron chi connectivity index (χ0n) is 13.4. The molecular weight excluding hydrogens is 344 g/mol. The van der Waals surface area contributed by atoms with E-state index < -0.39 is 23.9 Å².